The van der Waals surface area contributed by atoms with Crippen molar-refractivity contribution >= 4 is 23.8 Å². The highest BCUT2D eigenvalue weighted by molar-refractivity contribution is 7.98. The van der Waals surface area contributed by atoms with Crippen molar-refractivity contribution in [3.05, 3.63) is 0 Å². The quantitative estimate of drug-likeness (QED) is 0.618. The standard InChI is InChI=1S/C5H7NO3S/c1-10-2-3-4(7)6-5(8)9-3/h3H,2H2,1H3,(H,6,7,8). The maximum absolute atomic E-state index is 10.7. The third kappa shape index (κ3) is 1.41. The Morgan fingerprint density at radius 1 is 1.70 bits per heavy atom. The van der Waals surface area contributed by atoms with E-state index in [0.717, 1.165) is 0 Å². The number of alkyl carbamates (subject to hydrolysis) is 1. The Hall–Kier alpha value is -0.710. The number of ether oxygens (including phenoxy) is 1. The molecule has 1 saturated heterocycles. The lowest BCUT2D eigenvalue weighted by Crippen LogP contribution is -2.25. The van der Waals surface area contributed by atoms with Crippen LogP contribution in [0.4, 0.5) is 4.79 Å². The van der Waals surface area contributed by atoms with Crippen LogP contribution in [0.1, 0.15) is 0 Å². The van der Waals surface area contributed by atoms with Gasteiger partial charge in [-0.15, -0.1) is 0 Å². The van der Waals surface area contributed by atoms with Gasteiger partial charge in [-0.05, 0) is 6.26 Å². The highest BCUT2D eigenvalue weighted by Crippen LogP contribution is 2.06. The number of amides is 2. The normalized spacial score (nSPS) is 24.3. The smallest absolute Gasteiger partial charge is 0.414 e. The molecule has 1 rings (SSSR count). The summed E-state index contributed by atoms with van der Waals surface area (Å²) in [6.45, 7) is 0. The van der Waals surface area contributed by atoms with E-state index in [0.29, 0.717) is 5.75 Å². The average molecular weight is 161 g/mol. The lowest BCUT2D eigenvalue weighted by atomic mass is 10.4. The van der Waals surface area contributed by atoms with E-state index in [1.807, 2.05) is 11.6 Å². The Bertz CT molecular complexity index is 170. The summed E-state index contributed by atoms with van der Waals surface area (Å²) in [4.78, 5) is 21.1. The monoisotopic (exact) mass is 161 g/mol. The molecule has 0 aromatic rings. The molecule has 1 fully saturated rings. The minimum Gasteiger partial charge on any atom is -0.435 e. The van der Waals surface area contributed by atoms with Gasteiger partial charge in [0.2, 0.25) is 0 Å². The van der Waals surface area contributed by atoms with Gasteiger partial charge >= 0.3 is 6.09 Å². The Kier molecular flexibility index (Phi) is 2.16. The molecular formula is C5H7NO3S. The highest BCUT2D eigenvalue weighted by atomic mass is 32.2. The molecule has 1 atom stereocenters. The lowest BCUT2D eigenvalue weighted by molar-refractivity contribution is -0.122. The van der Waals surface area contributed by atoms with Gasteiger partial charge in [-0.25, -0.2) is 4.79 Å². The predicted molar refractivity (Wildman–Crippen MR) is 36.8 cm³/mol. The minimum absolute atomic E-state index is 0.334. The van der Waals surface area contributed by atoms with Crippen LogP contribution < -0.4 is 5.32 Å². The first kappa shape index (κ1) is 7.40. The van der Waals surface area contributed by atoms with E-state index in [9.17, 15) is 9.59 Å². The van der Waals surface area contributed by atoms with Crippen molar-refractivity contribution in [1.82, 2.24) is 5.32 Å². The van der Waals surface area contributed by atoms with Gasteiger partial charge in [0.15, 0.2) is 6.10 Å². The van der Waals surface area contributed by atoms with Crippen molar-refractivity contribution in [3.63, 3.8) is 0 Å². The number of cyclic esters (lactones) is 1. The van der Waals surface area contributed by atoms with E-state index in [1.54, 1.807) is 0 Å². The van der Waals surface area contributed by atoms with Gasteiger partial charge in [0, 0.05) is 5.75 Å². The Morgan fingerprint density at radius 2 is 2.40 bits per heavy atom. The summed E-state index contributed by atoms with van der Waals surface area (Å²) in [6.07, 6.45) is 0.631. The van der Waals surface area contributed by atoms with E-state index in [-0.39, 0.29) is 5.91 Å². The molecule has 2 amide bonds. The van der Waals surface area contributed by atoms with Crippen LogP contribution in [0.2, 0.25) is 0 Å². The van der Waals surface area contributed by atoms with Gasteiger partial charge in [-0.2, -0.15) is 11.8 Å². The molecule has 1 N–H and O–H groups in total. The summed E-state index contributed by atoms with van der Waals surface area (Å²) in [6, 6.07) is 0. The molecule has 0 spiro atoms. The first-order valence-corrected chi connectivity index (χ1v) is 4.14. The second kappa shape index (κ2) is 2.92. The number of imide groups is 1. The molecule has 0 aromatic carbocycles. The molecule has 0 aromatic heterocycles. The van der Waals surface area contributed by atoms with Crippen LogP contribution in [0.25, 0.3) is 0 Å². The number of carbonyl (C=O) groups excluding carboxylic acids is 2. The van der Waals surface area contributed by atoms with Gasteiger partial charge in [-0.3, -0.25) is 10.1 Å². The number of thioether (sulfide) groups is 1. The second-order valence-electron chi connectivity index (χ2n) is 1.84. The van der Waals surface area contributed by atoms with Crippen molar-refractivity contribution in [3.8, 4) is 0 Å². The summed E-state index contributed by atoms with van der Waals surface area (Å²) < 4.78 is 4.59. The van der Waals surface area contributed by atoms with Gasteiger partial charge in [-0.1, -0.05) is 0 Å². The fourth-order valence-electron chi connectivity index (χ4n) is 0.654. The van der Waals surface area contributed by atoms with Crippen molar-refractivity contribution in [1.29, 1.82) is 0 Å². The summed E-state index contributed by atoms with van der Waals surface area (Å²) in [7, 11) is 0. The summed E-state index contributed by atoms with van der Waals surface area (Å²) in [5, 5.41) is 2.04. The zero-order valence-corrected chi connectivity index (χ0v) is 6.23. The molecule has 0 bridgehead atoms. The first-order chi connectivity index (χ1) is 4.74. The average Bonchev–Trinajstić information content (AvgIpc) is 2.13. The fraction of sp³-hybridized carbons (Fsp3) is 0.600. The number of nitrogens with one attached hydrogen (secondary N) is 1. The number of carbonyl (C=O) groups is 2. The predicted octanol–water partition coefficient (Wildman–Crippen LogP) is -0.0156. The van der Waals surface area contributed by atoms with Gasteiger partial charge in [0.05, 0.1) is 0 Å². The van der Waals surface area contributed by atoms with Crippen molar-refractivity contribution in [2.45, 2.75) is 6.10 Å². The van der Waals surface area contributed by atoms with E-state index < -0.39 is 12.2 Å². The van der Waals surface area contributed by atoms with Crippen LogP contribution in [0, 0.1) is 0 Å². The number of hydrogen-bond acceptors (Lipinski definition) is 4. The third-order valence-electron chi connectivity index (χ3n) is 1.09. The summed E-state index contributed by atoms with van der Waals surface area (Å²) >= 11 is 1.47. The van der Waals surface area contributed by atoms with Crippen LogP contribution in [0.3, 0.4) is 0 Å². The Labute approximate surface area is 62.3 Å². The first-order valence-electron chi connectivity index (χ1n) is 2.74. The molecule has 0 saturated carbocycles. The fourth-order valence-corrected chi connectivity index (χ4v) is 1.18. The second-order valence-corrected chi connectivity index (χ2v) is 2.75. The van der Waals surface area contributed by atoms with Crippen LogP contribution in [0.15, 0.2) is 0 Å². The van der Waals surface area contributed by atoms with Crippen LogP contribution >= 0.6 is 11.8 Å². The Balaban J connectivity index is 2.46. The molecule has 56 valence electrons. The van der Waals surface area contributed by atoms with E-state index in [2.05, 4.69) is 4.74 Å². The number of rotatable bonds is 2. The SMILES string of the molecule is CSCC1OC(=O)NC1=O. The Morgan fingerprint density at radius 3 is 2.80 bits per heavy atom. The summed E-state index contributed by atoms with van der Waals surface area (Å²) in [5.74, 6) is 0.191. The van der Waals surface area contributed by atoms with Gasteiger partial charge in [0.25, 0.3) is 5.91 Å². The molecular weight excluding hydrogens is 154 g/mol. The highest BCUT2D eigenvalue weighted by Gasteiger charge is 2.31. The molecule has 1 heterocycles. The van der Waals surface area contributed by atoms with Crippen LogP contribution in [-0.2, 0) is 9.53 Å². The van der Waals surface area contributed by atoms with Crippen molar-refractivity contribution in [2.24, 2.45) is 0 Å². The van der Waals surface area contributed by atoms with E-state index >= 15 is 0 Å². The van der Waals surface area contributed by atoms with Crippen molar-refractivity contribution in [2.75, 3.05) is 12.0 Å². The maximum atomic E-state index is 10.7. The zero-order valence-electron chi connectivity index (χ0n) is 5.42. The zero-order chi connectivity index (χ0) is 7.56. The topological polar surface area (TPSA) is 55.4 Å². The molecule has 10 heavy (non-hydrogen) atoms. The van der Waals surface area contributed by atoms with Gasteiger partial charge < -0.3 is 4.74 Å². The molecule has 0 radical (unpaired) electrons. The van der Waals surface area contributed by atoms with E-state index in [1.165, 1.54) is 11.8 Å². The minimum atomic E-state index is -0.635. The molecule has 1 aliphatic rings. The largest absolute Gasteiger partial charge is 0.435 e. The van der Waals surface area contributed by atoms with Crippen molar-refractivity contribution < 1.29 is 14.3 Å². The van der Waals surface area contributed by atoms with E-state index in [4.69, 9.17) is 0 Å². The van der Waals surface area contributed by atoms with Crippen LogP contribution in [0.5, 0.6) is 0 Å². The molecule has 0 aliphatic carbocycles. The molecule has 5 heteroatoms. The molecule has 1 unspecified atom stereocenters. The summed E-state index contributed by atoms with van der Waals surface area (Å²) in [5.41, 5.74) is 0. The van der Waals surface area contributed by atoms with Crippen LogP contribution in [-0.4, -0.2) is 30.1 Å². The lowest BCUT2D eigenvalue weighted by Gasteiger charge is -2.00. The third-order valence-corrected chi connectivity index (χ3v) is 1.72. The molecule has 1 aliphatic heterocycles. The van der Waals surface area contributed by atoms with Gasteiger partial charge in [0.1, 0.15) is 0 Å². The maximum Gasteiger partial charge on any atom is 0.414 e. The molecule has 4 nitrogen and oxygen atoms in total. The number of hydrogen-bond donors (Lipinski definition) is 1.